The summed E-state index contributed by atoms with van der Waals surface area (Å²) >= 11 is 0. The number of hydrogen-bond donors (Lipinski definition) is 2. The van der Waals surface area contributed by atoms with Crippen LogP contribution in [0.25, 0.3) is 0 Å². The molecule has 9 heteroatoms. The Morgan fingerprint density at radius 2 is 1.80 bits per heavy atom. The Balaban J connectivity index is 1.60. The molecule has 30 heavy (non-hydrogen) atoms. The smallest absolute Gasteiger partial charge is 0.368 e. The minimum atomic E-state index is -4.49. The van der Waals surface area contributed by atoms with E-state index in [9.17, 15) is 22.8 Å². The van der Waals surface area contributed by atoms with Crippen LogP contribution in [0, 0.1) is 0 Å². The second-order valence-corrected chi connectivity index (χ2v) is 7.24. The van der Waals surface area contributed by atoms with Crippen LogP contribution in [-0.4, -0.2) is 53.8 Å². The van der Waals surface area contributed by atoms with Gasteiger partial charge in [0.2, 0.25) is 11.8 Å². The van der Waals surface area contributed by atoms with Crippen LogP contribution in [0.15, 0.2) is 54.6 Å². The SMILES string of the molecule is NC(=O)C1CN(Cc2ccccc2)CCN1CC(=O)Nc1cccc(C(F)(F)F)c1. The molecular formula is C21H23F3N4O2. The molecule has 6 nitrogen and oxygen atoms in total. The highest BCUT2D eigenvalue weighted by molar-refractivity contribution is 5.93. The number of benzene rings is 2. The van der Waals surface area contributed by atoms with E-state index in [4.69, 9.17) is 5.73 Å². The maximum absolute atomic E-state index is 12.8. The molecule has 0 saturated carbocycles. The van der Waals surface area contributed by atoms with Crippen molar-refractivity contribution in [1.82, 2.24) is 9.80 Å². The summed E-state index contributed by atoms with van der Waals surface area (Å²) in [5.41, 5.74) is 5.86. The fraction of sp³-hybridized carbons (Fsp3) is 0.333. The number of nitrogens with zero attached hydrogens (tertiary/aromatic N) is 2. The van der Waals surface area contributed by atoms with Gasteiger partial charge in [-0.15, -0.1) is 0 Å². The zero-order valence-corrected chi connectivity index (χ0v) is 16.2. The Labute approximate surface area is 172 Å². The summed E-state index contributed by atoms with van der Waals surface area (Å²) in [7, 11) is 0. The van der Waals surface area contributed by atoms with Gasteiger partial charge in [0.15, 0.2) is 0 Å². The van der Waals surface area contributed by atoms with Crippen molar-refractivity contribution in [3.8, 4) is 0 Å². The fourth-order valence-corrected chi connectivity index (χ4v) is 3.48. The largest absolute Gasteiger partial charge is 0.416 e. The monoisotopic (exact) mass is 420 g/mol. The lowest BCUT2D eigenvalue weighted by Gasteiger charge is -2.39. The van der Waals surface area contributed by atoms with E-state index in [0.29, 0.717) is 26.2 Å². The van der Waals surface area contributed by atoms with E-state index in [-0.39, 0.29) is 12.2 Å². The first-order valence-corrected chi connectivity index (χ1v) is 9.49. The summed E-state index contributed by atoms with van der Waals surface area (Å²) in [4.78, 5) is 28.1. The third-order valence-electron chi connectivity index (χ3n) is 4.97. The molecular weight excluding hydrogens is 397 g/mol. The predicted molar refractivity (Wildman–Crippen MR) is 106 cm³/mol. The van der Waals surface area contributed by atoms with E-state index >= 15 is 0 Å². The number of carbonyl (C=O) groups excluding carboxylic acids is 2. The molecule has 3 N–H and O–H groups in total. The molecule has 0 radical (unpaired) electrons. The van der Waals surface area contributed by atoms with Gasteiger partial charge < -0.3 is 11.1 Å². The van der Waals surface area contributed by atoms with Crippen molar-refractivity contribution >= 4 is 17.5 Å². The van der Waals surface area contributed by atoms with Crippen molar-refractivity contribution in [3.63, 3.8) is 0 Å². The van der Waals surface area contributed by atoms with Gasteiger partial charge >= 0.3 is 6.18 Å². The van der Waals surface area contributed by atoms with Crippen LogP contribution in [0.2, 0.25) is 0 Å². The molecule has 0 spiro atoms. The van der Waals surface area contributed by atoms with Crippen LogP contribution in [0.3, 0.4) is 0 Å². The van der Waals surface area contributed by atoms with Gasteiger partial charge in [-0.2, -0.15) is 13.2 Å². The zero-order valence-electron chi connectivity index (χ0n) is 16.2. The summed E-state index contributed by atoms with van der Waals surface area (Å²) in [6.07, 6.45) is -4.49. The number of piperazine rings is 1. The molecule has 0 aliphatic carbocycles. The molecule has 1 fully saturated rings. The number of nitrogens with two attached hydrogens (primary N) is 1. The second-order valence-electron chi connectivity index (χ2n) is 7.24. The Morgan fingerprint density at radius 1 is 1.07 bits per heavy atom. The summed E-state index contributed by atoms with van der Waals surface area (Å²) in [5, 5.41) is 2.47. The standard InChI is InChI=1S/C21H23F3N4O2/c22-21(23,24)16-7-4-8-17(11-16)26-19(29)14-28-10-9-27(13-18(28)20(25)30)12-15-5-2-1-3-6-15/h1-8,11,18H,9-10,12-14H2,(H2,25,30)(H,26,29). The van der Waals surface area contributed by atoms with Gasteiger partial charge in [-0.3, -0.25) is 19.4 Å². The first-order valence-electron chi connectivity index (χ1n) is 9.49. The fourth-order valence-electron chi connectivity index (χ4n) is 3.48. The molecule has 3 rings (SSSR count). The maximum Gasteiger partial charge on any atom is 0.416 e. The molecule has 160 valence electrons. The number of hydrogen-bond acceptors (Lipinski definition) is 4. The second kappa shape index (κ2) is 9.27. The number of primary amides is 1. The maximum atomic E-state index is 12.8. The molecule has 0 aromatic heterocycles. The topological polar surface area (TPSA) is 78.7 Å². The van der Waals surface area contributed by atoms with Gasteiger partial charge in [0.25, 0.3) is 0 Å². The summed E-state index contributed by atoms with van der Waals surface area (Å²) in [6, 6.07) is 13.6. The number of rotatable bonds is 6. The molecule has 1 aliphatic heterocycles. The third-order valence-corrected chi connectivity index (χ3v) is 4.97. The lowest BCUT2D eigenvalue weighted by atomic mass is 10.1. The average Bonchev–Trinajstić information content (AvgIpc) is 2.69. The van der Waals surface area contributed by atoms with Crippen LogP contribution in [0.4, 0.5) is 18.9 Å². The van der Waals surface area contributed by atoms with Gasteiger partial charge in [0, 0.05) is 31.9 Å². The molecule has 2 aromatic rings. The molecule has 2 amide bonds. The van der Waals surface area contributed by atoms with E-state index in [2.05, 4.69) is 10.2 Å². The number of amides is 2. The van der Waals surface area contributed by atoms with E-state index < -0.39 is 29.6 Å². The van der Waals surface area contributed by atoms with Crippen molar-refractivity contribution < 1.29 is 22.8 Å². The highest BCUT2D eigenvalue weighted by atomic mass is 19.4. The summed E-state index contributed by atoms with van der Waals surface area (Å²) in [6.45, 7) is 1.98. The van der Waals surface area contributed by atoms with Crippen molar-refractivity contribution in [1.29, 1.82) is 0 Å². The van der Waals surface area contributed by atoms with E-state index in [1.54, 1.807) is 4.90 Å². The molecule has 2 aromatic carbocycles. The van der Waals surface area contributed by atoms with Crippen molar-refractivity contribution in [3.05, 3.63) is 65.7 Å². The van der Waals surface area contributed by atoms with Gasteiger partial charge in [-0.25, -0.2) is 0 Å². The van der Waals surface area contributed by atoms with Gasteiger partial charge in [0.1, 0.15) is 6.04 Å². The van der Waals surface area contributed by atoms with Crippen LogP contribution in [0.5, 0.6) is 0 Å². The van der Waals surface area contributed by atoms with Crippen LogP contribution < -0.4 is 11.1 Å². The Kier molecular flexibility index (Phi) is 6.73. The number of halogens is 3. The van der Waals surface area contributed by atoms with Crippen molar-refractivity contribution in [2.45, 2.75) is 18.8 Å². The highest BCUT2D eigenvalue weighted by Gasteiger charge is 2.33. The van der Waals surface area contributed by atoms with Crippen LogP contribution >= 0.6 is 0 Å². The number of anilines is 1. The van der Waals surface area contributed by atoms with E-state index in [1.807, 2.05) is 30.3 Å². The van der Waals surface area contributed by atoms with Crippen LogP contribution in [0.1, 0.15) is 11.1 Å². The quantitative estimate of drug-likeness (QED) is 0.752. The summed E-state index contributed by atoms with van der Waals surface area (Å²) in [5.74, 6) is -1.04. The number of nitrogens with one attached hydrogen (secondary N) is 1. The molecule has 1 saturated heterocycles. The Hall–Kier alpha value is -2.91. The van der Waals surface area contributed by atoms with Gasteiger partial charge in [-0.1, -0.05) is 36.4 Å². The Bertz CT molecular complexity index is 889. The normalized spacial score (nSPS) is 18.2. The van der Waals surface area contributed by atoms with Crippen molar-refractivity contribution in [2.75, 3.05) is 31.5 Å². The van der Waals surface area contributed by atoms with Gasteiger partial charge in [0.05, 0.1) is 12.1 Å². The molecule has 1 aliphatic rings. The molecule has 1 heterocycles. The van der Waals surface area contributed by atoms with Gasteiger partial charge in [-0.05, 0) is 23.8 Å². The first kappa shape index (κ1) is 21.8. The van der Waals surface area contributed by atoms with E-state index in [0.717, 1.165) is 17.7 Å². The average molecular weight is 420 g/mol. The predicted octanol–water partition coefficient (Wildman–Crippen LogP) is 2.32. The molecule has 1 unspecified atom stereocenters. The lowest BCUT2D eigenvalue weighted by molar-refractivity contribution is -0.137. The Morgan fingerprint density at radius 3 is 2.47 bits per heavy atom. The third kappa shape index (κ3) is 5.80. The number of carbonyl (C=O) groups is 2. The number of alkyl halides is 3. The zero-order chi connectivity index (χ0) is 21.7. The van der Waals surface area contributed by atoms with E-state index in [1.165, 1.54) is 12.1 Å². The first-order chi connectivity index (χ1) is 14.2. The lowest BCUT2D eigenvalue weighted by Crippen LogP contribution is -2.59. The molecule has 1 atom stereocenters. The summed E-state index contributed by atoms with van der Waals surface area (Å²) < 4.78 is 38.5. The van der Waals surface area contributed by atoms with Crippen LogP contribution in [-0.2, 0) is 22.3 Å². The minimum Gasteiger partial charge on any atom is -0.368 e. The minimum absolute atomic E-state index is 0.0492. The molecule has 0 bridgehead atoms. The van der Waals surface area contributed by atoms with Crippen molar-refractivity contribution in [2.24, 2.45) is 5.73 Å². The highest BCUT2D eigenvalue weighted by Crippen LogP contribution is 2.30.